The van der Waals surface area contributed by atoms with E-state index in [-0.39, 0.29) is 0 Å². The second kappa shape index (κ2) is 7.95. The van der Waals surface area contributed by atoms with Crippen LogP contribution in [0.5, 0.6) is 0 Å². The van der Waals surface area contributed by atoms with Crippen LogP contribution in [0.15, 0.2) is 140 Å². The predicted octanol–water partition coefficient (Wildman–Crippen LogP) is 6.41. The van der Waals surface area contributed by atoms with Crippen LogP contribution in [-0.4, -0.2) is 17.2 Å². The van der Waals surface area contributed by atoms with Gasteiger partial charge in [0.2, 0.25) is 0 Å². The molecule has 0 amide bonds. The first kappa shape index (κ1) is 23.1. The van der Waals surface area contributed by atoms with Crippen LogP contribution in [0.1, 0.15) is 44.5 Å². The molecule has 9 rings (SSSR count). The van der Waals surface area contributed by atoms with Crippen molar-refractivity contribution >= 4 is 12.6 Å². The molecule has 2 spiro atoms. The topological polar surface area (TPSA) is 40.5 Å². The zero-order valence-electron chi connectivity index (χ0n) is 22.3. The Labute approximate surface area is 239 Å². The third-order valence-electron chi connectivity index (χ3n) is 9.79. The van der Waals surface area contributed by atoms with Crippen LogP contribution in [0.4, 0.5) is 0 Å². The normalized spacial score (nSPS) is 15.5. The fourth-order valence-electron chi connectivity index (χ4n) is 8.42. The molecule has 0 aliphatic heterocycles. The van der Waals surface area contributed by atoms with Gasteiger partial charge in [0.05, 0.1) is 10.8 Å². The van der Waals surface area contributed by atoms with E-state index < -0.39 is 17.9 Å². The van der Waals surface area contributed by atoms with E-state index in [2.05, 4.69) is 127 Å². The lowest BCUT2D eigenvalue weighted by molar-refractivity contribution is 0.425. The van der Waals surface area contributed by atoms with E-state index in [1.807, 2.05) is 12.1 Å². The van der Waals surface area contributed by atoms with Gasteiger partial charge in [-0.3, -0.25) is 0 Å². The highest BCUT2D eigenvalue weighted by Gasteiger charge is 2.58. The molecule has 0 aromatic heterocycles. The Bertz CT molecular complexity index is 1960. The predicted molar refractivity (Wildman–Crippen MR) is 164 cm³/mol. The Morgan fingerprint density at radius 2 is 0.659 bits per heavy atom. The molecule has 2 nitrogen and oxygen atoms in total. The number of hydrogen-bond donors (Lipinski definition) is 2. The maximum Gasteiger partial charge on any atom is 0.488 e. The quantitative estimate of drug-likeness (QED) is 0.244. The van der Waals surface area contributed by atoms with Crippen LogP contribution in [0, 0.1) is 0 Å². The van der Waals surface area contributed by atoms with Crippen LogP contribution in [0.2, 0.25) is 0 Å². The van der Waals surface area contributed by atoms with Gasteiger partial charge in [0.25, 0.3) is 0 Å². The standard InChI is InChI=1S/C38H25BO2/c40-39(41)24-21-22-28-27-13-3-6-16-31(27)38(36(28)23-24)34-19-9-7-17-32(34)37(33-18-8-10-20-35(33)38)29-14-4-1-11-25(29)26-12-2-5-15-30(26)37/h1-23,40-41H. The van der Waals surface area contributed by atoms with Crippen molar-refractivity contribution in [2.24, 2.45) is 0 Å². The van der Waals surface area contributed by atoms with Crippen molar-refractivity contribution in [2.75, 3.05) is 0 Å². The molecule has 3 aliphatic rings. The summed E-state index contributed by atoms with van der Waals surface area (Å²) in [7, 11) is -1.55. The molecular weight excluding hydrogens is 499 g/mol. The zero-order chi connectivity index (χ0) is 27.3. The fraction of sp³-hybridized carbons (Fsp3) is 0.0526. The highest BCUT2D eigenvalue weighted by molar-refractivity contribution is 6.58. The van der Waals surface area contributed by atoms with Crippen molar-refractivity contribution < 1.29 is 10.0 Å². The number of fused-ring (bicyclic) bond motifs is 16. The summed E-state index contributed by atoms with van der Waals surface area (Å²) in [6.45, 7) is 0. The largest absolute Gasteiger partial charge is 0.488 e. The van der Waals surface area contributed by atoms with Crippen molar-refractivity contribution in [2.45, 2.75) is 10.8 Å². The Kier molecular flexibility index (Phi) is 4.47. The summed E-state index contributed by atoms with van der Waals surface area (Å²) in [5.41, 5.74) is 14.3. The van der Waals surface area contributed by atoms with Crippen LogP contribution in [0.3, 0.4) is 0 Å². The summed E-state index contributed by atoms with van der Waals surface area (Å²) in [6.07, 6.45) is 0. The fourth-order valence-corrected chi connectivity index (χ4v) is 8.42. The van der Waals surface area contributed by atoms with E-state index in [9.17, 15) is 10.0 Å². The van der Waals surface area contributed by atoms with E-state index in [4.69, 9.17) is 0 Å². The van der Waals surface area contributed by atoms with E-state index in [0.717, 1.165) is 11.1 Å². The van der Waals surface area contributed by atoms with Gasteiger partial charge in [0.15, 0.2) is 0 Å². The van der Waals surface area contributed by atoms with Crippen molar-refractivity contribution in [3.8, 4) is 22.3 Å². The van der Waals surface area contributed by atoms with E-state index >= 15 is 0 Å². The summed E-state index contributed by atoms with van der Waals surface area (Å²) in [4.78, 5) is 0. The molecule has 0 fully saturated rings. The minimum Gasteiger partial charge on any atom is -0.423 e. The first-order chi connectivity index (χ1) is 20.2. The van der Waals surface area contributed by atoms with Gasteiger partial charge in [-0.1, -0.05) is 140 Å². The molecular formula is C38H25BO2. The van der Waals surface area contributed by atoms with Crippen LogP contribution in [-0.2, 0) is 10.8 Å². The second-order valence-corrected chi connectivity index (χ2v) is 11.4. The van der Waals surface area contributed by atoms with Crippen molar-refractivity contribution in [3.63, 3.8) is 0 Å². The number of rotatable bonds is 1. The molecule has 6 aromatic carbocycles. The summed E-state index contributed by atoms with van der Waals surface area (Å²) < 4.78 is 0. The lowest BCUT2D eigenvalue weighted by Gasteiger charge is -2.48. The van der Waals surface area contributed by atoms with E-state index in [1.54, 1.807) is 0 Å². The minimum atomic E-state index is -1.55. The summed E-state index contributed by atoms with van der Waals surface area (Å²) in [5.74, 6) is 0. The lowest BCUT2D eigenvalue weighted by Crippen LogP contribution is -2.44. The van der Waals surface area contributed by atoms with Gasteiger partial charge in [-0.15, -0.1) is 0 Å². The molecule has 0 bridgehead atoms. The summed E-state index contributed by atoms with van der Waals surface area (Å²) in [5, 5.41) is 20.6. The molecule has 0 unspecified atom stereocenters. The second-order valence-electron chi connectivity index (χ2n) is 11.4. The van der Waals surface area contributed by atoms with Crippen LogP contribution >= 0.6 is 0 Å². The average Bonchev–Trinajstić information content (AvgIpc) is 3.49. The zero-order valence-corrected chi connectivity index (χ0v) is 22.3. The molecule has 2 N–H and O–H groups in total. The molecule has 0 atom stereocenters. The van der Waals surface area contributed by atoms with Crippen molar-refractivity contribution in [1.29, 1.82) is 0 Å². The van der Waals surface area contributed by atoms with Gasteiger partial charge in [-0.2, -0.15) is 0 Å². The Hall–Kier alpha value is -4.70. The van der Waals surface area contributed by atoms with Crippen LogP contribution in [0.25, 0.3) is 22.3 Å². The van der Waals surface area contributed by atoms with Crippen molar-refractivity contribution in [1.82, 2.24) is 0 Å². The first-order valence-corrected chi connectivity index (χ1v) is 14.2. The van der Waals surface area contributed by atoms with Gasteiger partial charge in [-0.05, 0) is 72.2 Å². The van der Waals surface area contributed by atoms with E-state index in [1.165, 1.54) is 55.6 Å². The van der Waals surface area contributed by atoms with Gasteiger partial charge in [0, 0.05) is 0 Å². The third kappa shape index (κ3) is 2.58. The molecule has 41 heavy (non-hydrogen) atoms. The molecule has 0 heterocycles. The minimum absolute atomic E-state index is 0.475. The molecule has 0 saturated carbocycles. The third-order valence-corrected chi connectivity index (χ3v) is 9.79. The maximum atomic E-state index is 10.3. The summed E-state index contributed by atoms with van der Waals surface area (Å²) >= 11 is 0. The lowest BCUT2D eigenvalue weighted by atomic mass is 9.52. The number of benzene rings is 6. The monoisotopic (exact) mass is 524 g/mol. The van der Waals surface area contributed by atoms with Gasteiger partial charge < -0.3 is 10.0 Å². The molecule has 192 valence electrons. The van der Waals surface area contributed by atoms with Crippen molar-refractivity contribution in [3.05, 3.63) is 184 Å². The Morgan fingerprint density at radius 1 is 0.341 bits per heavy atom. The highest BCUT2D eigenvalue weighted by Crippen LogP contribution is 2.67. The summed E-state index contributed by atoms with van der Waals surface area (Å²) in [6, 6.07) is 50.2. The van der Waals surface area contributed by atoms with Gasteiger partial charge >= 0.3 is 7.12 Å². The molecule has 6 aromatic rings. The molecule has 3 aliphatic carbocycles. The Morgan fingerprint density at radius 3 is 1.05 bits per heavy atom. The smallest absolute Gasteiger partial charge is 0.423 e. The van der Waals surface area contributed by atoms with Gasteiger partial charge in [0.1, 0.15) is 0 Å². The van der Waals surface area contributed by atoms with E-state index in [0.29, 0.717) is 5.46 Å². The first-order valence-electron chi connectivity index (χ1n) is 14.2. The highest BCUT2D eigenvalue weighted by atomic mass is 16.4. The average molecular weight is 524 g/mol. The molecule has 3 heteroatoms. The SMILES string of the molecule is OB(O)c1ccc2c(c1)C1(c3ccccc3-2)c2ccccc2C2(c3ccccc3-c3ccccc32)c2ccccc21. The van der Waals surface area contributed by atoms with Crippen LogP contribution < -0.4 is 5.46 Å². The van der Waals surface area contributed by atoms with Gasteiger partial charge in [-0.25, -0.2) is 0 Å². The Balaban J connectivity index is 1.51. The maximum absolute atomic E-state index is 10.3. The molecule has 0 radical (unpaired) electrons. The number of hydrogen-bond acceptors (Lipinski definition) is 2. The molecule has 0 saturated heterocycles.